The molecule has 0 aromatic heterocycles. The number of hydrogen-bond donors (Lipinski definition) is 1. The van der Waals surface area contributed by atoms with E-state index in [0.29, 0.717) is 17.2 Å². The third-order valence-corrected chi connectivity index (χ3v) is 4.23. The quantitative estimate of drug-likeness (QED) is 0.928. The molecule has 1 heterocycles. The fourth-order valence-electron chi connectivity index (χ4n) is 1.80. The molecule has 1 aliphatic rings. The highest BCUT2D eigenvalue weighted by atomic mass is 35.5. The highest BCUT2D eigenvalue weighted by Gasteiger charge is 2.35. The zero-order chi connectivity index (χ0) is 14.8. The van der Waals surface area contributed by atoms with E-state index in [0.717, 1.165) is 5.75 Å². The number of carbonyl (C=O) groups excluding carboxylic acids is 2. The van der Waals surface area contributed by atoms with Crippen molar-refractivity contribution in [3.63, 3.8) is 0 Å². The first-order valence-corrected chi connectivity index (χ1v) is 7.67. The van der Waals surface area contributed by atoms with Crippen LogP contribution in [0.3, 0.4) is 0 Å². The molecule has 1 aromatic carbocycles. The van der Waals surface area contributed by atoms with Crippen LogP contribution < -0.4 is 10.1 Å². The van der Waals surface area contributed by atoms with Crippen LogP contribution in [-0.2, 0) is 9.59 Å². The van der Waals surface area contributed by atoms with Gasteiger partial charge in [-0.2, -0.15) is 0 Å². The molecule has 108 valence electrons. The van der Waals surface area contributed by atoms with Gasteiger partial charge in [0.15, 0.2) is 5.60 Å². The third kappa shape index (κ3) is 3.67. The van der Waals surface area contributed by atoms with Crippen molar-refractivity contribution in [2.75, 3.05) is 5.75 Å². The van der Waals surface area contributed by atoms with Gasteiger partial charge in [-0.1, -0.05) is 23.4 Å². The molecule has 1 amide bonds. The second-order valence-corrected chi connectivity index (χ2v) is 6.58. The standard InChI is InChI=1S/C14H16ClNO3S/c1-14(2,19-10-5-3-9(15)4-6-10)13(18)16-11-7-8-20-12(11)17/h3-6,11H,7-8H2,1-2H3,(H,16,18). The summed E-state index contributed by atoms with van der Waals surface area (Å²) < 4.78 is 5.68. The highest BCUT2D eigenvalue weighted by Crippen LogP contribution is 2.23. The Kier molecular flexibility index (Phi) is 4.60. The molecule has 0 radical (unpaired) electrons. The Morgan fingerprint density at radius 3 is 2.60 bits per heavy atom. The first-order chi connectivity index (χ1) is 9.38. The van der Waals surface area contributed by atoms with Crippen LogP contribution >= 0.6 is 23.4 Å². The summed E-state index contributed by atoms with van der Waals surface area (Å²) >= 11 is 7.05. The molecular weight excluding hydrogens is 298 g/mol. The molecule has 1 saturated heterocycles. The van der Waals surface area contributed by atoms with E-state index in [9.17, 15) is 9.59 Å². The molecule has 1 aliphatic heterocycles. The van der Waals surface area contributed by atoms with Gasteiger partial charge in [0, 0.05) is 10.8 Å². The van der Waals surface area contributed by atoms with Crippen molar-refractivity contribution in [2.45, 2.75) is 31.9 Å². The molecule has 0 bridgehead atoms. The Hall–Kier alpha value is -1.20. The lowest BCUT2D eigenvalue weighted by Crippen LogP contribution is -2.51. The molecule has 0 aliphatic carbocycles. The Balaban J connectivity index is 1.99. The molecule has 1 aromatic rings. The van der Waals surface area contributed by atoms with Crippen molar-refractivity contribution in [1.29, 1.82) is 0 Å². The van der Waals surface area contributed by atoms with E-state index in [1.807, 2.05) is 0 Å². The minimum atomic E-state index is -1.05. The number of benzene rings is 1. The monoisotopic (exact) mass is 313 g/mol. The highest BCUT2D eigenvalue weighted by molar-refractivity contribution is 8.14. The lowest BCUT2D eigenvalue weighted by Gasteiger charge is -2.26. The molecule has 6 heteroatoms. The van der Waals surface area contributed by atoms with E-state index >= 15 is 0 Å². The van der Waals surface area contributed by atoms with Crippen LogP contribution in [0.25, 0.3) is 0 Å². The fourth-order valence-corrected chi connectivity index (χ4v) is 2.86. The average molecular weight is 314 g/mol. The van der Waals surface area contributed by atoms with Crippen molar-refractivity contribution in [2.24, 2.45) is 0 Å². The lowest BCUT2D eigenvalue weighted by molar-refractivity contribution is -0.136. The van der Waals surface area contributed by atoms with E-state index in [4.69, 9.17) is 16.3 Å². The van der Waals surface area contributed by atoms with Crippen LogP contribution in [0.4, 0.5) is 0 Å². The van der Waals surface area contributed by atoms with Gasteiger partial charge in [-0.25, -0.2) is 0 Å². The Bertz CT molecular complexity index is 516. The van der Waals surface area contributed by atoms with Crippen LogP contribution in [0.5, 0.6) is 5.75 Å². The molecule has 1 N–H and O–H groups in total. The smallest absolute Gasteiger partial charge is 0.264 e. The minimum Gasteiger partial charge on any atom is -0.478 e. The first kappa shape index (κ1) is 15.2. The molecule has 20 heavy (non-hydrogen) atoms. The first-order valence-electron chi connectivity index (χ1n) is 6.31. The molecule has 1 atom stereocenters. The van der Waals surface area contributed by atoms with Crippen molar-refractivity contribution < 1.29 is 14.3 Å². The Morgan fingerprint density at radius 1 is 1.40 bits per heavy atom. The lowest BCUT2D eigenvalue weighted by atomic mass is 10.1. The molecule has 0 spiro atoms. The molecule has 1 fully saturated rings. The van der Waals surface area contributed by atoms with E-state index in [2.05, 4.69) is 5.32 Å². The summed E-state index contributed by atoms with van der Waals surface area (Å²) in [6.07, 6.45) is 0.673. The van der Waals surface area contributed by atoms with Gasteiger partial charge in [-0.3, -0.25) is 9.59 Å². The number of amides is 1. The number of thioether (sulfide) groups is 1. The Morgan fingerprint density at radius 2 is 2.05 bits per heavy atom. The van der Waals surface area contributed by atoms with Gasteiger partial charge in [0.1, 0.15) is 5.75 Å². The second kappa shape index (κ2) is 6.06. The molecule has 4 nitrogen and oxygen atoms in total. The van der Waals surface area contributed by atoms with Crippen molar-refractivity contribution in [1.82, 2.24) is 5.32 Å². The maximum Gasteiger partial charge on any atom is 0.264 e. The third-order valence-electron chi connectivity index (χ3n) is 2.97. The fraction of sp³-hybridized carbons (Fsp3) is 0.429. The SMILES string of the molecule is CC(C)(Oc1ccc(Cl)cc1)C(=O)NC1CCSC1=O. The number of ether oxygens (including phenoxy) is 1. The topological polar surface area (TPSA) is 55.4 Å². The van der Waals surface area contributed by atoms with Gasteiger partial charge in [-0.15, -0.1) is 0 Å². The Labute approximate surface area is 127 Å². The summed E-state index contributed by atoms with van der Waals surface area (Å²) in [5.41, 5.74) is -1.05. The molecule has 0 saturated carbocycles. The van der Waals surface area contributed by atoms with Crippen molar-refractivity contribution in [3.8, 4) is 5.75 Å². The summed E-state index contributed by atoms with van der Waals surface area (Å²) in [4.78, 5) is 23.7. The van der Waals surface area contributed by atoms with Crippen LogP contribution in [0.15, 0.2) is 24.3 Å². The van der Waals surface area contributed by atoms with Gasteiger partial charge in [-0.05, 0) is 44.5 Å². The number of hydrogen-bond acceptors (Lipinski definition) is 4. The summed E-state index contributed by atoms with van der Waals surface area (Å²) in [6.45, 7) is 3.34. The molecule has 1 unspecified atom stereocenters. The van der Waals surface area contributed by atoms with Crippen LogP contribution in [0, 0.1) is 0 Å². The van der Waals surface area contributed by atoms with E-state index in [1.54, 1.807) is 38.1 Å². The van der Waals surface area contributed by atoms with Crippen LogP contribution in [0.1, 0.15) is 20.3 Å². The predicted molar refractivity (Wildman–Crippen MR) is 80.2 cm³/mol. The zero-order valence-corrected chi connectivity index (χ0v) is 12.9. The number of rotatable bonds is 4. The van der Waals surface area contributed by atoms with E-state index < -0.39 is 11.6 Å². The minimum absolute atomic E-state index is 0.0145. The normalized spacial score (nSPS) is 18.9. The van der Waals surface area contributed by atoms with Gasteiger partial charge in [0.2, 0.25) is 5.12 Å². The van der Waals surface area contributed by atoms with Crippen molar-refractivity contribution in [3.05, 3.63) is 29.3 Å². The van der Waals surface area contributed by atoms with E-state index in [-0.39, 0.29) is 11.0 Å². The molecular formula is C14H16ClNO3S. The van der Waals surface area contributed by atoms with Gasteiger partial charge in [0.25, 0.3) is 5.91 Å². The zero-order valence-electron chi connectivity index (χ0n) is 11.3. The maximum absolute atomic E-state index is 12.2. The van der Waals surface area contributed by atoms with Crippen molar-refractivity contribution >= 4 is 34.4 Å². The number of halogens is 1. The summed E-state index contributed by atoms with van der Waals surface area (Å²) in [5.74, 6) is 1.01. The molecule has 2 rings (SSSR count). The maximum atomic E-state index is 12.2. The summed E-state index contributed by atoms with van der Waals surface area (Å²) in [7, 11) is 0. The second-order valence-electron chi connectivity index (χ2n) is 5.05. The predicted octanol–water partition coefficient (Wildman–Crippen LogP) is 2.65. The largest absolute Gasteiger partial charge is 0.478 e. The van der Waals surface area contributed by atoms with E-state index in [1.165, 1.54) is 11.8 Å². The van der Waals surface area contributed by atoms with Gasteiger partial charge < -0.3 is 10.1 Å². The summed E-state index contributed by atoms with van der Waals surface area (Å²) in [5, 5.41) is 3.36. The number of nitrogens with one attached hydrogen (secondary N) is 1. The summed E-state index contributed by atoms with van der Waals surface area (Å²) in [6, 6.07) is 6.40. The number of carbonyl (C=O) groups is 2. The van der Waals surface area contributed by atoms with Gasteiger partial charge >= 0.3 is 0 Å². The average Bonchev–Trinajstić information content (AvgIpc) is 2.78. The van der Waals surface area contributed by atoms with Gasteiger partial charge in [0.05, 0.1) is 6.04 Å². The van der Waals surface area contributed by atoms with Crippen LogP contribution in [-0.4, -0.2) is 28.4 Å². The van der Waals surface area contributed by atoms with Crippen LogP contribution in [0.2, 0.25) is 5.02 Å².